The van der Waals surface area contributed by atoms with Crippen molar-refractivity contribution in [3.8, 4) is 5.88 Å². The van der Waals surface area contributed by atoms with Crippen molar-refractivity contribution < 1.29 is 19.9 Å². The van der Waals surface area contributed by atoms with Gasteiger partial charge in [-0.2, -0.15) is 0 Å². The summed E-state index contributed by atoms with van der Waals surface area (Å²) in [5.41, 5.74) is -1.58. The number of nitrogens with one attached hydrogen (secondary N) is 1. The minimum Gasteiger partial charge on any atom is -0.468 e. The van der Waals surface area contributed by atoms with Crippen molar-refractivity contribution >= 4 is 7.69 Å². The van der Waals surface area contributed by atoms with Gasteiger partial charge in [0.05, 0.1) is 5.60 Å². The Morgan fingerprint density at radius 1 is 1.31 bits per heavy atom. The Bertz CT molecular complexity index is 282. The van der Waals surface area contributed by atoms with Crippen LogP contribution in [0.4, 0.5) is 0 Å². The van der Waals surface area contributed by atoms with Crippen molar-refractivity contribution in [2.24, 2.45) is 0 Å². The lowest BCUT2D eigenvalue weighted by atomic mass is 9.89. The number of nitrogens with zero attached hydrogens (tertiary/aromatic N) is 1. The predicted molar refractivity (Wildman–Crippen MR) is 61.2 cm³/mol. The van der Waals surface area contributed by atoms with Gasteiger partial charge in [-0.25, -0.2) is 0 Å². The fourth-order valence-electron chi connectivity index (χ4n) is 0.690. The molecule has 16 heavy (non-hydrogen) atoms. The molecular weight excluding hydrogens is 211 g/mol. The maximum atomic E-state index is 9.78. The molecule has 0 unspecified atom stereocenters. The zero-order chi connectivity index (χ0) is 12.8. The van der Waals surface area contributed by atoms with Gasteiger partial charge in [0.25, 0.3) is 0 Å². The summed E-state index contributed by atoms with van der Waals surface area (Å²) in [4.78, 5) is 0. The van der Waals surface area contributed by atoms with Crippen molar-refractivity contribution in [3.63, 3.8) is 0 Å². The number of aliphatic hydroxyl groups is 1. The topological polar surface area (TPSA) is 98.6 Å². The van der Waals surface area contributed by atoms with Crippen LogP contribution in [0.15, 0.2) is 12.3 Å². The third-order valence-corrected chi connectivity index (χ3v) is 2.31. The minimum atomic E-state index is -0.911. The van der Waals surface area contributed by atoms with Crippen LogP contribution >= 0.6 is 0 Å². The number of hydrogen-bond donors (Lipinski definition) is 4. The van der Waals surface area contributed by atoms with Crippen molar-refractivity contribution in [2.75, 3.05) is 0 Å². The summed E-state index contributed by atoms with van der Waals surface area (Å²) in [6, 6.07) is 1.72. The Kier molecular flexibility index (Phi) is 5.50. The van der Waals surface area contributed by atoms with Gasteiger partial charge in [0.2, 0.25) is 5.88 Å². The van der Waals surface area contributed by atoms with Gasteiger partial charge in [0, 0.05) is 12.3 Å². The molecule has 0 aliphatic carbocycles. The summed E-state index contributed by atoms with van der Waals surface area (Å²) >= 11 is 0. The summed E-state index contributed by atoms with van der Waals surface area (Å²) in [5.74, 6) is 0.493. The molecule has 0 aliphatic rings. The van der Waals surface area contributed by atoms with Gasteiger partial charge < -0.3 is 19.9 Å². The average Bonchev–Trinajstić information content (AvgIpc) is 2.55. The van der Waals surface area contributed by atoms with Crippen LogP contribution in [0.5, 0.6) is 5.88 Å². The zero-order valence-corrected chi connectivity index (χ0v) is 10.1. The molecule has 0 aromatic carbocycles. The van der Waals surface area contributed by atoms with Gasteiger partial charge in [0.1, 0.15) is 5.60 Å². The number of H-pyrrole nitrogens is 1. The lowest BCUT2D eigenvalue weighted by Gasteiger charge is -2.36. The highest BCUT2D eigenvalue weighted by molar-refractivity contribution is 6.13. The first kappa shape index (κ1) is 15.0. The van der Waals surface area contributed by atoms with Crippen molar-refractivity contribution in [3.05, 3.63) is 12.3 Å². The maximum Gasteiger partial charge on any atom is 0.432 e. The van der Waals surface area contributed by atoms with Crippen molar-refractivity contribution in [2.45, 2.75) is 38.9 Å². The molecule has 1 heterocycles. The van der Waals surface area contributed by atoms with Gasteiger partial charge in [-0.15, -0.1) is 5.10 Å². The van der Waals surface area contributed by atoms with E-state index in [1.54, 1.807) is 26.1 Å². The molecule has 0 saturated carbocycles. The van der Waals surface area contributed by atoms with Crippen molar-refractivity contribution in [1.82, 2.24) is 10.2 Å². The third-order valence-electron chi connectivity index (χ3n) is 2.31. The molecule has 0 amide bonds. The first-order valence-electron chi connectivity index (χ1n) is 4.87. The summed E-state index contributed by atoms with van der Waals surface area (Å²) in [6.07, 6.45) is 1.68. The second-order valence-corrected chi connectivity index (χ2v) is 4.23. The molecule has 1 rings (SSSR count). The fourth-order valence-corrected chi connectivity index (χ4v) is 0.690. The standard InChI is InChI=1S/C9H16N2O2.BH3O2/c1-8(2,12)9(3,4)13-7-5-6-10-11-7;2-1-3/h5-6,12H,1-4H3,(H,10,11);1-3H. The summed E-state index contributed by atoms with van der Waals surface area (Å²) in [7, 11) is -0.750. The van der Waals surface area contributed by atoms with Gasteiger partial charge in [0.15, 0.2) is 0 Å². The summed E-state index contributed by atoms with van der Waals surface area (Å²) < 4.78 is 5.51. The van der Waals surface area contributed by atoms with E-state index in [0.29, 0.717) is 5.88 Å². The monoisotopic (exact) mass is 230 g/mol. The van der Waals surface area contributed by atoms with Crippen LogP contribution in [0.25, 0.3) is 0 Å². The number of aromatic amines is 1. The van der Waals surface area contributed by atoms with Crippen LogP contribution in [-0.2, 0) is 0 Å². The largest absolute Gasteiger partial charge is 0.468 e. The van der Waals surface area contributed by atoms with Gasteiger partial charge in [-0.05, 0) is 27.7 Å². The number of rotatable bonds is 3. The molecule has 0 spiro atoms. The number of aromatic nitrogens is 2. The van der Waals surface area contributed by atoms with Gasteiger partial charge in [-0.3, -0.25) is 5.10 Å². The van der Waals surface area contributed by atoms with Crippen LogP contribution < -0.4 is 4.74 Å². The summed E-state index contributed by atoms with van der Waals surface area (Å²) in [5, 5.41) is 30.5. The fraction of sp³-hybridized carbons (Fsp3) is 0.667. The quantitative estimate of drug-likeness (QED) is 0.528. The molecule has 92 valence electrons. The van der Waals surface area contributed by atoms with Crippen LogP contribution in [-0.4, -0.2) is 44.2 Å². The lowest BCUT2D eigenvalue weighted by Crippen LogP contribution is -2.49. The van der Waals surface area contributed by atoms with E-state index in [2.05, 4.69) is 10.2 Å². The van der Waals surface area contributed by atoms with E-state index in [-0.39, 0.29) is 0 Å². The molecule has 1 aromatic heterocycles. The van der Waals surface area contributed by atoms with Crippen LogP contribution in [0, 0.1) is 0 Å². The summed E-state index contributed by atoms with van der Waals surface area (Å²) in [6.45, 7) is 7.06. The minimum absolute atomic E-state index is 0.493. The average molecular weight is 230 g/mol. The zero-order valence-electron chi connectivity index (χ0n) is 10.1. The number of hydrogen-bond acceptors (Lipinski definition) is 5. The maximum absolute atomic E-state index is 9.78. The molecule has 0 bridgehead atoms. The highest BCUT2D eigenvalue weighted by Gasteiger charge is 2.37. The van der Waals surface area contributed by atoms with Gasteiger partial charge >= 0.3 is 7.69 Å². The van der Waals surface area contributed by atoms with Crippen molar-refractivity contribution in [1.29, 1.82) is 0 Å². The highest BCUT2D eigenvalue weighted by atomic mass is 16.5. The Labute approximate surface area is 95.6 Å². The van der Waals surface area contributed by atoms with E-state index in [0.717, 1.165) is 0 Å². The SMILES string of the molecule is CC(C)(O)C(C)(C)Oc1cc[nH]n1.OBO. The molecule has 0 radical (unpaired) electrons. The Morgan fingerprint density at radius 3 is 2.12 bits per heavy atom. The molecule has 0 atom stereocenters. The smallest absolute Gasteiger partial charge is 0.432 e. The Balaban J connectivity index is 0.000000673. The second kappa shape index (κ2) is 5.88. The van der Waals surface area contributed by atoms with Gasteiger partial charge in [-0.1, -0.05) is 0 Å². The van der Waals surface area contributed by atoms with E-state index in [9.17, 15) is 5.11 Å². The molecule has 1 aromatic rings. The van der Waals surface area contributed by atoms with Crippen LogP contribution in [0.2, 0.25) is 0 Å². The third kappa shape index (κ3) is 4.65. The highest BCUT2D eigenvalue weighted by Crippen LogP contribution is 2.26. The molecule has 0 fully saturated rings. The second-order valence-electron chi connectivity index (χ2n) is 4.23. The first-order chi connectivity index (χ1) is 7.24. The first-order valence-corrected chi connectivity index (χ1v) is 4.87. The van der Waals surface area contributed by atoms with E-state index in [1.807, 2.05) is 13.8 Å². The Hall–Kier alpha value is -1.05. The lowest BCUT2D eigenvalue weighted by molar-refractivity contribution is -0.0925. The molecule has 0 aliphatic heterocycles. The molecule has 4 N–H and O–H groups in total. The van der Waals surface area contributed by atoms with E-state index >= 15 is 0 Å². The molecule has 6 nitrogen and oxygen atoms in total. The normalized spacial score (nSPS) is 11.4. The van der Waals surface area contributed by atoms with E-state index in [4.69, 9.17) is 14.8 Å². The van der Waals surface area contributed by atoms with Crippen LogP contribution in [0.3, 0.4) is 0 Å². The van der Waals surface area contributed by atoms with Crippen LogP contribution in [0.1, 0.15) is 27.7 Å². The number of ether oxygens (including phenoxy) is 1. The molecule has 0 saturated heterocycles. The molecular formula is C9H19BN2O4. The molecule has 7 heteroatoms. The van der Waals surface area contributed by atoms with E-state index < -0.39 is 18.9 Å². The predicted octanol–water partition coefficient (Wildman–Crippen LogP) is -0.425. The Morgan fingerprint density at radius 2 is 1.81 bits per heavy atom. The van der Waals surface area contributed by atoms with E-state index in [1.165, 1.54) is 0 Å².